The van der Waals surface area contributed by atoms with Crippen LogP contribution in [-0.4, -0.2) is 34.9 Å². The zero-order valence-electron chi connectivity index (χ0n) is 16.8. The number of benzene rings is 3. The van der Waals surface area contributed by atoms with Crippen molar-refractivity contribution in [2.75, 3.05) is 0 Å². The van der Waals surface area contributed by atoms with Gasteiger partial charge in [0.1, 0.15) is 20.4 Å². The van der Waals surface area contributed by atoms with Gasteiger partial charge in [-0.3, -0.25) is 4.55 Å². The Hall–Kier alpha value is -2.93. The van der Waals surface area contributed by atoms with Crippen molar-refractivity contribution >= 4 is 30.1 Å². The van der Waals surface area contributed by atoms with Gasteiger partial charge in [-0.15, -0.1) is 0 Å². The first-order valence-corrected chi connectivity index (χ1v) is 13.2. The molecular formula is C20H18O9S3. The summed E-state index contributed by atoms with van der Waals surface area (Å²) in [6.45, 7) is 3.45. The van der Waals surface area contributed by atoms with E-state index >= 15 is 0 Å². The van der Waals surface area contributed by atoms with Crippen molar-refractivity contribution in [1.29, 1.82) is 0 Å². The van der Waals surface area contributed by atoms with Crippen molar-refractivity contribution in [3.63, 3.8) is 0 Å². The van der Waals surface area contributed by atoms with Crippen LogP contribution in [0.2, 0.25) is 0 Å². The number of hydrogen-bond donors (Lipinski definition) is 2. The van der Waals surface area contributed by atoms with E-state index < -0.39 is 51.4 Å². The highest BCUT2D eigenvalue weighted by atomic mass is 32.2. The predicted molar refractivity (Wildman–Crippen MR) is 114 cm³/mol. The highest BCUT2D eigenvalue weighted by Crippen LogP contribution is 2.38. The number of phenolic OH excluding ortho intramolecular Hbond substituents is 1. The summed E-state index contributed by atoms with van der Waals surface area (Å²) in [5, 5.41) is 10.0. The van der Waals surface area contributed by atoms with E-state index in [0.717, 1.165) is 11.1 Å². The second-order valence-corrected chi connectivity index (χ2v) is 11.8. The third kappa shape index (κ3) is 4.78. The molecule has 0 heterocycles. The van der Waals surface area contributed by atoms with Crippen molar-refractivity contribution in [1.82, 2.24) is 0 Å². The molecule has 0 radical (unpaired) electrons. The number of rotatable bonds is 6. The molecule has 3 rings (SSSR count). The van der Waals surface area contributed by atoms with E-state index in [-0.39, 0.29) is 9.79 Å². The molecular weight excluding hydrogens is 480 g/mol. The minimum atomic E-state index is -5.03. The molecule has 0 aliphatic rings. The Balaban J connectivity index is 2.25. The first-order valence-electron chi connectivity index (χ1n) is 8.89. The van der Waals surface area contributed by atoms with Crippen molar-refractivity contribution in [2.45, 2.75) is 33.4 Å². The van der Waals surface area contributed by atoms with Gasteiger partial charge in [0.15, 0.2) is 5.75 Å². The molecule has 0 aliphatic carbocycles. The molecule has 0 fully saturated rings. The van der Waals surface area contributed by atoms with Gasteiger partial charge in [-0.2, -0.15) is 16.8 Å². The second kappa shape index (κ2) is 8.20. The standard InChI is InChI=1S/C20H18O9S3/c1-13-3-7-15(8-4-13)30(22,23)20-11-17(21)19(31(24,25)26)12-18(20)29-32(27,28)16-9-5-14(2)6-10-16/h3-12,21H,1-2H3,(H,24,25,26). The van der Waals surface area contributed by atoms with E-state index in [1.807, 2.05) is 0 Å². The van der Waals surface area contributed by atoms with Crippen LogP contribution in [0.15, 0.2) is 80.2 Å². The van der Waals surface area contributed by atoms with Crippen LogP contribution in [0.25, 0.3) is 0 Å². The summed E-state index contributed by atoms with van der Waals surface area (Å²) < 4.78 is 89.3. The summed E-state index contributed by atoms with van der Waals surface area (Å²) in [5.74, 6) is -2.00. The molecule has 0 aromatic heterocycles. The average Bonchev–Trinajstić information content (AvgIpc) is 2.68. The van der Waals surface area contributed by atoms with Crippen LogP contribution in [0, 0.1) is 13.8 Å². The fourth-order valence-corrected chi connectivity index (χ4v) is 5.68. The summed E-state index contributed by atoms with van der Waals surface area (Å²) >= 11 is 0. The molecule has 0 saturated heterocycles. The van der Waals surface area contributed by atoms with E-state index in [9.17, 15) is 34.9 Å². The number of hydrogen-bond acceptors (Lipinski definition) is 8. The highest BCUT2D eigenvalue weighted by Gasteiger charge is 2.30. The molecule has 9 nitrogen and oxygen atoms in total. The van der Waals surface area contributed by atoms with Crippen molar-refractivity contribution < 1.29 is 39.1 Å². The zero-order valence-corrected chi connectivity index (χ0v) is 19.2. The maximum atomic E-state index is 13.1. The maximum Gasteiger partial charge on any atom is 0.339 e. The first kappa shape index (κ1) is 23.7. The molecule has 32 heavy (non-hydrogen) atoms. The Morgan fingerprint density at radius 1 is 0.688 bits per heavy atom. The van der Waals surface area contributed by atoms with Gasteiger partial charge in [-0.25, -0.2) is 8.42 Å². The minimum Gasteiger partial charge on any atom is -0.506 e. The fourth-order valence-electron chi connectivity index (χ4n) is 2.73. The predicted octanol–water partition coefficient (Wildman–Crippen LogP) is 2.86. The van der Waals surface area contributed by atoms with Gasteiger partial charge in [0.25, 0.3) is 10.1 Å². The zero-order chi connectivity index (χ0) is 23.9. The molecule has 2 N–H and O–H groups in total. The van der Waals surface area contributed by atoms with Gasteiger partial charge in [0.2, 0.25) is 9.84 Å². The Morgan fingerprint density at radius 2 is 1.16 bits per heavy atom. The van der Waals surface area contributed by atoms with E-state index in [1.165, 1.54) is 48.5 Å². The Kier molecular flexibility index (Phi) is 6.08. The topological polar surface area (TPSA) is 152 Å². The minimum absolute atomic E-state index is 0.250. The molecule has 0 amide bonds. The van der Waals surface area contributed by atoms with Crippen LogP contribution in [0.3, 0.4) is 0 Å². The Labute approximate surface area is 185 Å². The molecule has 0 bridgehead atoms. The van der Waals surface area contributed by atoms with Crippen molar-refractivity contribution in [3.8, 4) is 11.5 Å². The average molecular weight is 499 g/mol. The summed E-state index contributed by atoms with van der Waals surface area (Å²) in [5.41, 5.74) is 1.51. The van der Waals surface area contributed by atoms with Crippen LogP contribution in [0.1, 0.15) is 11.1 Å². The molecule has 170 valence electrons. The molecule has 3 aromatic carbocycles. The largest absolute Gasteiger partial charge is 0.506 e. The van der Waals surface area contributed by atoms with Crippen molar-refractivity contribution in [3.05, 3.63) is 71.8 Å². The lowest BCUT2D eigenvalue weighted by molar-refractivity contribution is 0.433. The quantitative estimate of drug-likeness (QED) is 0.386. The van der Waals surface area contributed by atoms with Crippen molar-refractivity contribution in [2.24, 2.45) is 0 Å². The SMILES string of the molecule is Cc1ccc(S(=O)(=O)Oc2cc(S(=O)(=O)O)c(O)cc2S(=O)(=O)c2ccc(C)cc2)cc1. The second-order valence-electron chi connectivity index (χ2n) is 6.91. The first-order chi connectivity index (χ1) is 14.7. The van der Waals surface area contributed by atoms with Crippen LogP contribution < -0.4 is 4.18 Å². The lowest BCUT2D eigenvalue weighted by Crippen LogP contribution is -2.14. The number of phenols is 1. The number of aromatic hydroxyl groups is 1. The smallest absolute Gasteiger partial charge is 0.339 e. The van der Waals surface area contributed by atoms with E-state index in [4.69, 9.17) is 4.18 Å². The van der Waals surface area contributed by atoms with Crippen LogP contribution >= 0.6 is 0 Å². The lowest BCUT2D eigenvalue weighted by atomic mass is 10.2. The number of aryl methyl sites for hydroxylation is 2. The van der Waals surface area contributed by atoms with Gasteiger partial charge in [0, 0.05) is 12.1 Å². The molecule has 3 aromatic rings. The third-order valence-electron chi connectivity index (χ3n) is 4.43. The molecule has 0 saturated carbocycles. The van der Waals surface area contributed by atoms with Gasteiger partial charge in [0.05, 0.1) is 4.90 Å². The molecule has 0 aliphatic heterocycles. The van der Waals surface area contributed by atoms with Crippen LogP contribution in [0.4, 0.5) is 0 Å². The van der Waals surface area contributed by atoms with Gasteiger partial charge in [-0.05, 0) is 38.1 Å². The van der Waals surface area contributed by atoms with Gasteiger partial charge in [-0.1, -0.05) is 35.4 Å². The summed E-state index contributed by atoms with van der Waals surface area (Å²) in [7, 11) is -14.1. The summed E-state index contributed by atoms with van der Waals surface area (Å²) in [4.78, 5) is -2.49. The molecule has 0 atom stereocenters. The molecule has 0 unspecified atom stereocenters. The molecule has 12 heteroatoms. The number of sulfone groups is 1. The normalized spacial score (nSPS) is 12.5. The monoisotopic (exact) mass is 498 g/mol. The Morgan fingerprint density at radius 3 is 1.62 bits per heavy atom. The van der Waals surface area contributed by atoms with Gasteiger partial charge < -0.3 is 9.29 Å². The fraction of sp³-hybridized carbons (Fsp3) is 0.100. The highest BCUT2D eigenvalue weighted by molar-refractivity contribution is 7.91. The van der Waals surface area contributed by atoms with E-state index in [0.29, 0.717) is 12.1 Å². The van der Waals surface area contributed by atoms with Crippen LogP contribution in [0.5, 0.6) is 11.5 Å². The summed E-state index contributed by atoms with van der Waals surface area (Å²) in [6, 6.07) is 11.9. The molecule has 0 spiro atoms. The van der Waals surface area contributed by atoms with Crippen LogP contribution in [-0.2, 0) is 30.1 Å². The van der Waals surface area contributed by atoms with E-state index in [1.54, 1.807) is 13.8 Å². The Bertz CT molecular complexity index is 1490. The lowest BCUT2D eigenvalue weighted by Gasteiger charge is -2.14. The summed E-state index contributed by atoms with van der Waals surface area (Å²) in [6.07, 6.45) is 0. The van der Waals surface area contributed by atoms with Gasteiger partial charge >= 0.3 is 10.1 Å². The maximum absolute atomic E-state index is 13.1. The van der Waals surface area contributed by atoms with E-state index in [2.05, 4.69) is 0 Å². The third-order valence-corrected chi connectivity index (χ3v) is 8.36.